The molecule has 2 fully saturated rings. The summed E-state index contributed by atoms with van der Waals surface area (Å²) in [7, 11) is 0. The Morgan fingerprint density at radius 3 is 1.56 bits per heavy atom. The fraction of sp³-hybridized carbons (Fsp3) is 0.833. The van der Waals surface area contributed by atoms with Crippen molar-refractivity contribution in [2.45, 2.75) is 38.5 Å². The largest absolute Gasteiger partial charge is 0.281 e. The molecule has 2 saturated carbocycles. The van der Waals surface area contributed by atoms with Crippen molar-refractivity contribution < 1.29 is 9.59 Å². The van der Waals surface area contributed by atoms with Crippen molar-refractivity contribution in [2.75, 3.05) is 0 Å². The number of fused-ring (bicyclic) bond motifs is 1. The van der Waals surface area contributed by atoms with Crippen molar-refractivity contribution in [3.05, 3.63) is 0 Å². The minimum Gasteiger partial charge on any atom is -0.281 e. The lowest BCUT2D eigenvalue weighted by Gasteiger charge is -2.40. The number of hydrogen-bond donors (Lipinski definition) is 0. The molecule has 0 N–H and O–H groups in total. The van der Waals surface area contributed by atoms with Crippen LogP contribution in [0.5, 0.6) is 0 Å². The number of rotatable bonds is 2. The molecule has 0 aromatic rings. The smallest absolute Gasteiger partial charge is 0.224 e. The van der Waals surface area contributed by atoms with Crippen LogP contribution in [-0.4, -0.2) is 10.5 Å². The van der Waals surface area contributed by atoms with Gasteiger partial charge in [0.05, 0.1) is 0 Å². The third-order valence-corrected chi connectivity index (χ3v) is 4.87. The van der Waals surface area contributed by atoms with Crippen LogP contribution in [0.2, 0.25) is 0 Å². The highest BCUT2D eigenvalue weighted by atomic mass is 35.5. The first-order valence-electron chi connectivity index (χ1n) is 5.96. The first kappa shape index (κ1) is 12.4. The first-order chi connectivity index (χ1) is 7.58. The molecule has 2 aliphatic rings. The molecular formula is C12H16Cl2O2. The van der Waals surface area contributed by atoms with E-state index in [4.69, 9.17) is 23.2 Å². The Balaban J connectivity index is 1.98. The fourth-order valence-corrected chi connectivity index (χ4v) is 3.70. The number of hydrogen-bond acceptors (Lipinski definition) is 2. The van der Waals surface area contributed by atoms with Gasteiger partial charge in [-0.3, -0.25) is 9.59 Å². The Morgan fingerprint density at radius 1 is 0.750 bits per heavy atom. The highest BCUT2D eigenvalue weighted by Crippen LogP contribution is 2.45. The van der Waals surface area contributed by atoms with E-state index in [2.05, 4.69) is 0 Å². The second-order valence-corrected chi connectivity index (χ2v) is 5.89. The van der Waals surface area contributed by atoms with E-state index in [1.54, 1.807) is 0 Å². The van der Waals surface area contributed by atoms with Crippen LogP contribution >= 0.6 is 23.2 Å². The molecule has 0 spiro atoms. The SMILES string of the molecule is O=C(Cl)C1CCC2CCC(C(=O)Cl)CC2C1. The van der Waals surface area contributed by atoms with Gasteiger partial charge < -0.3 is 0 Å². The van der Waals surface area contributed by atoms with Crippen LogP contribution in [0.1, 0.15) is 38.5 Å². The molecule has 2 nitrogen and oxygen atoms in total. The number of halogens is 2. The van der Waals surface area contributed by atoms with Gasteiger partial charge in [0.1, 0.15) is 0 Å². The topological polar surface area (TPSA) is 34.1 Å². The molecule has 0 bridgehead atoms. The molecule has 2 rings (SSSR count). The maximum absolute atomic E-state index is 11.2. The summed E-state index contributed by atoms with van der Waals surface area (Å²) in [5, 5.41) is -0.421. The minimum absolute atomic E-state index is 0.00657. The predicted molar refractivity (Wildman–Crippen MR) is 63.4 cm³/mol. The Bertz CT molecular complexity index is 275. The lowest BCUT2D eigenvalue weighted by Crippen LogP contribution is -2.34. The summed E-state index contributed by atoms with van der Waals surface area (Å²) in [4.78, 5) is 22.3. The summed E-state index contributed by atoms with van der Waals surface area (Å²) < 4.78 is 0. The van der Waals surface area contributed by atoms with Crippen molar-refractivity contribution in [1.29, 1.82) is 0 Å². The number of carbonyl (C=O) groups excluding carboxylic acids is 2. The maximum atomic E-state index is 11.2. The molecule has 2 unspecified atom stereocenters. The van der Waals surface area contributed by atoms with Crippen molar-refractivity contribution in [1.82, 2.24) is 0 Å². The molecule has 2 aliphatic carbocycles. The second kappa shape index (κ2) is 5.05. The summed E-state index contributed by atoms with van der Waals surface area (Å²) in [6.07, 6.45) is 5.71. The second-order valence-electron chi connectivity index (χ2n) is 5.15. The van der Waals surface area contributed by atoms with Gasteiger partial charge in [0.15, 0.2) is 0 Å². The van der Waals surface area contributed by atoms with E-state index in [0.29, 0.717) is 11.8 Å². The molecule has 4 heteroatoms. The zero-order valence-electron chi connectivity index (χ0n) is 9.12. The van der Waals surface area contributed by atoms with Gasteiger partial charge in [-0.05, 0) is 73.6 Å². The summed E-state index contributed by atoms with van der Waals surface area (Å²) in [6.45, 7) is 0. The molecule has 0 radical (unpaired) electrons. The molecular weight excluding hydrogens is 247 g/mol. The quantitative estimate of drug-likeness (QED) is 0.716. The van der Waals surface area contributed by atoms with E-state index in [9.17, 15) is 9.59 Å². The monoisotopic (exact) mass is 262 g/mol. The van der Waals surface area contributed by atoms with Crippen LogP contribution < -0.4 is 0 Å². The van der Waals surface area contributed by atoms with Gasteiger partial charge in [0.2, 0.25) is 10.5 Å². The van der Waals surface area contributed by atoms with Gasteiger partial charge in [-0.15, -0.1) is 0 Å². The maximum Gasteiger partial charge on any atom is 0.224 e. The summed E-state index contributed by atoms with van der Waals surface area (Å²) in [5.41, 5.74) is 0. The summed E-state index contributed by atoms with van der Waals surface area (Å²) in [5.74, 6) is 1.17. The Labute approximate surface area is 106 Å². The van der Waals surface area contributed by atoms with Crippen LogP contribution in [0.15, 0.2) is 0 Å². The highest BCUT2D eigenvalue weighted by molar-refractivity contribution is 6.64. The lowest BCUT2D eigenvalue weighted by atomic mass is 9.65. The third-order valence-electron chi connectivity index (χ3n) is 4.25. The molecule has 0 aliphatic heterocycles. The zero-order chi connectivity index (χ0) is 11.7. The molecule has 16 heavy (non-hydrogen) atoms. The number of carbonyl (C=O) groups is 2. The first-order valence-corrected chi connectivity index (χ1v) is 6.72. The molecule has 0 aromatic heterocycles. The molecule has 0 aromatic carbocycles. The van der Waals surface area contributed by atoms with Gasteiger partial charge in [0.25, 0.3) is 0 Å². The van der Waals surface area contributed by atoms with Crippen LogP contribution in [0, 0.1) is 23.7 Å². The van der Waals surface area contributed by atoms with E-state index in [1.165, 1.54) is 0 Å². The Morgan fingerprint density at radius 2 is 1.19 bits per heavy atom. The molecule has 0 heterocycles. The normalized spacial score (nSPS) is 38.9. The van der Waals surface area contributed by atoms with Crippen LogP contribution in [0.3, 0.4) is 0 Å². The van der Waals surface area contributed by atoms with E-state index >= 15 is 0 Å². The average molecular weight is 263 g/mol. The highest BCUT2D eigenvalue weighted by Gasteiger charge is 2.38. The standard InChI is InChI=1S/C12H16Cl2O2/c13-11(15)8-3-1-7-2-4-9(12(14)16)6-10(7)5-8/h7-10H,1-6H2. The van der Waals surface area contributed by atoms with E-state index in [-0.39, 0.29) is 22.3 Å². The van der Waals surface area contributed by atoms with Crippen molar-refractivity contribution in [3.8, 4) is 0 Å². The average Bonchev–Trinajstić information content (AvgIpc) is 2.27. The summed E-state index contributed by atoms with van der Waals surface area (Å²) in [6, 6.07) is 0. The van der Waals surface area contributed by atoms with Crippen molar-refractivity contribution in [2.24, 2.45) is 23.7 Å². The molecule has 0 amide bonds. The lowest BCUT2D eigenvalue weighted by molar-refractivity contribution is -0.118. The molecule has 2 atom stereocenters. The van der Waals surface area contributed by atoms with E-state index in [0.717, 1.165) is 38.5 Å². The van der Waals surface area contributed by atoms with Crippen molar-refractivity contribution >= 4 is 33.7 Å². The van der Waals surface area contributed by atoms with Gasteiger partial charge >= 0.3 is 0 Å². The molecule has 90 valence electrons. The summed E-state index contributed by atoms with van der Waals surface area (Å²) >= 11 is 11.1. The molecule has 0 saturated heterocycles. The van der Waals surface area contributed by atoms with Gasteiger partial charge in [-0.1, -0.05) is 0 Å². The van der Waals surface area contributed by atoms with Gasteiger partial charge in [-0.2, -0.15) is 0 Å². The van der Waals surface area contributed by atoms with Crippen LogP contribution in [0.25, 0.3) is 0 Å². The Hall–Kier alpha value is -0.0800. The third kappa shape index (κ3) is 2.60. The van der Waals surface area contributed by atoms with Gasteiger partial charge in [-0.25, -0.2) is 0 Å². The van der Waals surface area contributed by atoms with Crippen LogP contribution in [-0.2, 0) is 9.59 Å². The minimum atomic E-state index is -0.210. The zero-order valence-corrected chi connectivity index (χ0v) is 10.6. The Kier molecular flexibility index (Phi) is 3.91. The van der Waals surface area contributed by atoms with E-state index in [1.807, 2.05) is 0 Å². The fourth-order valence-electron chi connectivity index (χ4n) is 3.31. The van der Waals surface area contributed by atoms with Crippen LogP contribution in [0.4, 0.5) is 0 Å². The van der Waals surface area contributed by atoms with Crippen molar-refractivity contribution in [3.63, 3.8) is 0 Å². The van der Waals surface area contributed by atoms with E-state index < -0.39 is 0 Å². The predicted octanol–water partition coefficient (Wildman–Crippen LogP) is 3.35. The van der Waals surface area contributed by atoms with Gasteiger partial charge in [0, 0.05) is 11.8 Å².